The zero-order valence-electron chi connectivity index (χ0n) is 7.89. The van der Waals surface area contributed by atoms with E-state index < -0.39 is 0 Å². The Morgan fingerprint density at radius 2 is 1.94 bits per heavy atom. The van der Waals surface area contributed by atoms with Crippen LogP contribution in [0.15, 0.2) is 30.9 Å². The largest absolute Gasteiger partial charge is 0.285 e. The number of aromatic nitrogens is 3. The van der Waals surface area contributed by atoms with Gasteiger partial charge in [-0.25, -0.2) is 9.97 Å². The highest BCUT2D eigenvalue weighted by atomic mass is 35.5. The van der Waals surface area contributed by atoms with Crippen LogP contribution in [0.3, 0.4) is 0 Å². The number of nitrogens with zero attached hydrogens (tertiary/aromatic N) is 3. The monoisotopic (exact) mass is 253 g/mol. The maximum absolute atomic E-state index is 11.9. The topological polar surface area (TPSA) is 55.7 Å². The van der Waals surface area contributed by atoms with E-state index in [0.717, 1.165) is 0 Å². The molecule has 0 aromatic carbocycles. The summed E-state index contributed by atoms with van der Waals surface area (Å²) in [6.07, 6.45) is 5.62. The summed E-state index contributed by atoms with van der Waals surface area (Å²) in [6.45, 7) is 0. The summed E-state index contributed by atoms with van der Waals surface area (Å²) in [5, 5.41) is 0.573. The van der Waals surface area contributed by atoms with Crippen LogP contribution >= 0.6 is 23.2 Å². The fraction of sp³-hybridized carbons (Fsp3) is 0. The van der Waals surface area contributed by atoms with Crippen LogP contribution in [0, 0.1) is 0 Å². The zero-order chi connectivity index (χ0) is 11.5. The number of carbonyl (C=O) groups is 1. The molecule has 0 unspecified atom stereocenters. The first-order chi connectivity index (χ1) is 7.68. The minimum Gasteiger partial charge on any atom is -0.285 e. The normalized spacial score (nSPS) is 10.1. The van der Waals surface area contributed by atoms with E-state index in [0.29, 0.717) is 5.02 Å². The summed E-state index contributed by atoms with van der Waals surface area (Å²) in [6, 6.07) is 1.46. The number of hydrogen-bond acceptors (Lipinski definition) is 4. The summed E-state index contributed by atoms with van der Waals surface area (Å²) >= 11 is 11.5. The highest BCUT2D eigenvalue weighted by molar-refractivity contribution is 6.36. The SMILES string of the molecule is O=C(c1cnccn1)c1ncc(Cl)cc1Cl. The lowest BCUT2D eigenvalue weighted by Gasteiger charge is -2.01. The van der Waals surface area contributed by atoms with Crippen LogP contribution in [0.2, 0.25) is 10.0 Å². The van der Waals surface area contributed by atoms with Gasteiger partial charge >= 0.3 is 0 Å². The second-order valence-electron chi connectivity index (χ2n) is 2.90. The number of halogens is 2. The molecular formula is C10H5Cl2N3O. The zero-order valence-corrected chi connectivity index (χ0v) is 9.40. The maximum Gasteiger partial charge on any atom is 0.232 e. The Hall–Kier alpha value is -1.52. The molecule has 0 N–H and O–H groups in total. The first-order valence-electron chi connectivity index (χ1n) is 4.30. The fourth-order valence-corrected chi connectivity index (χ4v) is 1.59. The standard InChI is InChI=1S/C10H5Cl2N3O/c11-6-3-7(12)9(15-4-6)10(16)8-5-13-1-2-14-8/h1-5H. The molecule has 0 radical (unpaired) electrons. The lowest BCUT2D eigenvalue weighted by atomic mass is 10.2. The molecule has 0 saturated heterocycles. The molecular weight excluding hydrogens is 249 g/mol. The highest BCUT2D eigenvalue weighted by Gasteiger charge is 2.15. The van der Waals surface area contributed by atoms with Gasteiger partial charge in [0.05, 0.1) is 16.2 Å². The Labute approximate surface area is 101 Å². The van der Waals surface area contributed by atoms with Crippen LogP contribution in [0.4, 0.5) is 0 Å². The number of rotatable bonds is 2. The molecule has 2 rings (SSSR count). The van der Waals surface area contributed by atoms with E-state index in [1.54, 1.807) is 0 Å². The molecule has 6 heteroatoms. The van der Waals surface area contributed by atoms with Crippen molar-refractivity contribution in [3.05, 3.63) is 52.3 Å². The van der Waals surface area contributed by atoms with Gasteiger partial charge < -0.3 is 0 Å². The molecule has 16 heavy (non-hydrogen) atoms. The van der Waals surface area contributed by atoms with Crippen LogP contribution in [-0.4, -0.2) is 20.7 Å². The van der Waals surface area contributed by atoms with Crippen molar-refractivity contribution in [2.24, 2.45) is 0 Å². The summed E-state index contributed by atoms with van der Waals surface area (Å²) in [4.78, 5) is 23.4. The van der Waals surface area contributed by atoms with Gasteiger partial charge in [-0.2, -0.15) is 0 Å². The van der Waals surface area contributed by atoms with Crippen molar-refractivity contribution in [3.8, 4) is 0 Å². The minimum absolute atomic E-state index is 0.117. The molecule has 0 saturated carbocycles. The predicted molar refractivity (Wildman–Crippen MR) is 59.7 cm³/mol. The van der Waals surface area contributed by atoms with Gasteiger partial charge in [0.15, 0.2) is 0 Å². The Bertz CT molecular complexity index is 531. The van der Waals surface area contributed by atoms with Gasteiger partial charge in [-0.05, 0) is 6.07 Å². The highest BCUT2D eigenvalue weighted by Crippen LogP contribution is 2.20. The fourth-order valence-electron chi connectivity index (χ4n) is 1.12. The quantitative estimate of drug-likeness (QED) is 0.772. The van der Waals surface area contributed by atoms with Crippen molar-refractivity contribution in [3.63, 3.8) is 0 Å². The van der Waals surface area contributed by atoms with Gasteiger partial charge in [-0.3, -0.25) is 9.78 Å². The Balaban J connectivity index is 2.42. The third kappa shape index (κ3) is 2.18. The average molecular weight is 254 g/mol. The lowest BCUT2D eigenvalue weighted by Crippen LogP contribution is -2.07. The van der Waals surface area contributed by atoms with Gasteiger partial charge in [0.2, 0.25) is 5.78 Å². The molecule has 2 aromatic rings. The molecule has 0 aliphatic heterocycles. The van der Waals surface area contributed by atoms with E-state index in [-0.39, 0.29) is 22.2 Å². The molecule has 0 amide bonds. The lowest BCUT2D eigenvalue weighted by molar-refractivity contribution is 0.102. The Morgan fingerprint density at radius 3 is 2.56 bits per heavy atom. The van der Waals surface area contributed by atoms with Crippen molar-refractivity contribution in [1.29, 1.82) is 0 Å². The summed E-state index contributed by atoms with van der Waals surface area (Å²) < 4.78 is 0. The summed E-state index contributed by atoms with van der Waals surface area (Å²) in [7, 11) is 0. The molecule has 4 nitrogen and oxygen atoms in total. The molecule has 0 aliphatic rings. The number of pyridine rings is 1. The number of ketones is 1. The first-order valence-corrected chi connectivity index (χ1v) is 5.06. The molecule has 0 spiro atoms. The molecule has 0 aliphatic carbocycles. The molecule has 0 fully saturated rings. The molecule has 0 atom stereocenters. The van der Waals surface area contributed by atoms with E-state index in [2.05, 4.69) is 15.0 Å². The van der Waals surface area contributed by atoms with Crippen molar-refractivity contribution in [1.82, 2.24) is 15.0 Å². The van der Waals surface area contributed by atoms with Crippen molar-refractivity contribution < 1.29 is 4.79 Å². The average Bonchev–Trinajstić information content (AvgIpc) is 2.29. The third-order valence-corrected chi connectivity index (χ3v) is 2.31. The maximum atomic E-state index is 11.9. The smallest absolute Gasteiger partial charge is 0.232 e. The van der Waals surface area contributed by atoms with Gasteiger partial charge in [-0.15, -0.1) is 0 Å². The van der Waals surface area contributed by atoms with E-state index in [4.69, 9.17) is 23.2 Å². The molecule has 2 heterocycles. The number of hydrogen-bond donors (Lipinski definition) is 0. The van der Waals surface area contributed by atoms with E-state index in [9.17, 15) is 4.79 Å². The van der Waals surface area contributed by atoms with Crippen molar-refractivity contribution in [2.75, 3.05) is 0 Å². The van der Waals surface area contributed by atoms with Crippen molar-refractivity contribution >= 4 is 29.0 Å². The second-order valence-corrected chi connectivity index (χ2v) is 3.75. The van der Waals surface area contributed by atoms with Crippen LogP contribution in [-0.2, 0) is 0 Å². The van der Waals surface area contributed by atoms with Crippen LogP contribution in [0.1, 0.15) is 16.2 Å². The van der Waals surface area contributed by atoms with E-state index in [1.807, 2.05) is 0 Å². The van der Waals surface area contributed by atoms with Crippen LogP contribution in [0.25, 0.3) is 0 Å². The first kappa shape index (κ1) is 11.0. The van der Waals surface area contributed by atoms with Gasteiger partial charge in [0, 0.05) is 18.6 Å². The van der Waals surface area contributed by atoms with Gasteiger partial charge in [0.25, 0.3) is 0 Å². The Morgan fingerprint density at radius 1 is 1.12 bits per heavy atom. The second kappa shape index (κ2) is 4.55. The molecule has 2 aromatic heterocycles. The van der Waals surface area contributed by atoms with Gasteiger partial charge in [0.1, 0.15) is 11.4 Å². The van der Waals surface area contributed by atoms with Crippen LogP contribution < -0.4 is 0 Å². The summed E-state index contributed by atoms with van der Waals surface area (Å²) in [5.74, 6) is -0.380. The predicted octanol–water partition coefficient (Wildman–Crippen LogP) is 2.41. The summed E-state index contributed by atoms with van der Waals surface area (Å²) in [5.41, 5.74) is 0.311. The third-order valence-electron chi connectivity index (χ3n) is 1.82. The minimum atomic E-state index is -0.380. The molecule has 80 valence electrons. The van der Waals surface area contributed by atoms with Crippen molar-refractivity contribution in [2.45, 2.75) is 0 Å². The Kier molecular flexibility index (Phi) is 3.12. The van der Waals surface area contributed by atoms with Gasteiger partial charge in [-0.1, -0.05) is 23.2 Å². The van der Waals surface area contributed by atoms with Crippen LogP contribution in [0.5, 0.6) is 0 Å². The van der Waals surface area contributed by atoms with E-state index >= 15 is 0 Å². The molecule has 0 bridgehead atoms. The number of carbonyl (C=O) groups excluding carboxylic acids is 1. The van der Waals surface area contributed by atoms with E-state index in [1.165, 1.54) is 30.9 Å².